The predicted molar refractivity (Wildman–Crippen MR) is 37.1 cm³/mol. The molecule has 0 aliphatic heterocycles. The molecule has 0 unspecified atom stereocenters. The van der Waals surface area contributed by atoms with E-state index in [0.717, 1.165) is 7.11 Å². The second-order valence-corrected chi connectivity index (χ2v) is 2.23. The smallest absolute Gasteiger partial charge is 0.467 e. The van der Waals surface area contributed by atoms with Crippen molar-refractivity contribution in [3.8, 4) is 0 Å². The number of aliphatic hydroxyl groups is 1. The minimum absolute atomic E-state index is 0.921. The van der Waals surface area contributed by atoms with Gasteiger partial charge >= 0.3 is 18.1 Å². The van der Waals surface area contributed by atoms with Crippen LogP contribution in [0.1, 0.15) is 0 Å². The monoisotopic (exact) mass is 215 g/mol. The fraction of sp³-hybridized carbons (Fsp3) is 0.667. The number of esters is 1. The minimum Gasteiger partial charge on any atom is -0.467 e. The molecule has 0 radical (unpaired) electrons. The molecule has 14 heavy (non-hydrogen) atoms. The van der Waals surface area contributed by atoms with Crippen LogP contribution in [0.4, 0.5) is 13.2 Å². The van der Waals surface area contributed by atoms with Crippen LogP contribution >= 0.6 is 0 Å². The van der Waals surface area contributed by atoms with Crippen LogP contribution in [0.2, 0.25) is 0 Å². The maximum atomic E-state index is 11.7. The summed E-state index contributed by atoms with van der Waals surface area (Å²) in [5.41, 5.74) is 0. The van der Waals surface area contributed by atoms with Crippen LogP contribution in [0, 0.1) is 0 Å². The first-order chi connectivity index (χ1) is 6.32. The lowest BCUT2D eigenvalue weighted by molar-refractivity contribution is -0.176. The lowest BCUT2D eigenvalue weighted by atomic mass is 10.3. The molecule has 0 rings (SSSR count). The third-order valence-corrected chi connectivity index (χ3v) is 1.23. The predicted octanol–water partition coefficient (Wildman–Crippen LogP) is -0.801. The summed E-state index contributed by atoms with van der Waals surface area (Å²) in [5, 5.41) is 9.73. The number of hydrogen-bond donors (Lipinski definition) is 2. The molecule has 0 aromatic heterocycles. The lowest BCUT2D eigenvalue weighted by Crippen LogP contribution is -2.49. The summed E-state index contributed by atoms with van der Waals surface area (Å²) in [6.07, 6.45) is -5.10. The molecule has 8 heteroatoms. The van der Waals surface area contributed by atoms with E-state index in [1.54, 1.807) is 0 Å². The van der Waals surface area contributed by atoms with Gasteiger partial charge in [0.2, 0.25) is 0 Å². The van der Waals surface area contributed by atoms with E-state index in [1.807, 2.05) is 0 Å². The van der Waals surface area contributed by atoms with Crippen LogP contribution < -0.4 is 5.32 Å². The van der Waals surface area contributed by atoms with Crippen LogP contribution in [0.3, 0.4) is 0 Å². The molecule has 0 heterocycles. The average molecular weight is 215 g/mol. The van der Waals surface area contributed by atoms with Gasteiger partial charge in [0.1, 0.15) is 0 Å². The second kappa shape index (κ2) is 4.80. The van der Waals surface area contributed by atoms with Crippen LogP contribution in [-0.2, 0) is 14.3 Å². The van der Waals surface area contributed by atoms with E-state index in [9.17, 15) is 22.8 Å². The molecule has 1 amide bonds. The largest absolute Gasteiger partial charge is 0.471 e. The van der Waals surface area contributed by atoms with Crippen molar-refractivity contribution >= 4 is 11.9 Å². The van der Waals surface area contributed by atoms with E-state index >= 15 is 0 Å². The Hall–Kier alpha value is -1.31. The van der Waals surface area contributed by atoms with E-state index in [-0.39, 0.29) is 0 Å². The molecule has 0 bridgehead atoms. The van der Waals surface area contributed by atoms with Gasteiger partial charge in [-0.3, -0.25) is 4.79 Å². The topological polar surface area (TPSA) is 75.6 Å². The molecule has 5 nitrogen and oxygen atoms in total. The lowest BCUT2D eigenvalue weighted by Gasteiger charge is -2.14. The van der Waals surface area contributed by atoms with Crippen LogP contribution in [-0.4, -0.2) is 42.9 Å². The number of carbonyl (C=O) groups excluding carboxylic acids is 2. The zero-order valence-corrected chi connectivity index (χ0v) is 7.09. The molecular weight excluding hydrogens is 207 g/mol. The first-order valence-corrected chi connectivity index (χ1v) is 3.39. The van der Waals surface area contributed by atoms with Crippen molar-refractivity contribution in [2.75, 3.05) is 13.7 Å². The Kier molecular flexibility index (Phi) is 4.35. The molecular formula is C6H8F3NO4. The Morgan fingerprint density at radius 1 is 1.50 bits per heavy atom. The highest BCUT2D eigenvalue weighted by atomic mass is 19.4. The Labute approximate surface area is 76.8 Å². The number of halogens is 3. The van der Waals surface area contributed by atoms with Gasteiger partial charge in [-0.2, -0.15) is 13.2 Å². The Morgan fingerprint density at radius 2 is 2.00 bits per heavy atom. The number of rotatable bonds is 3. The molecule has 0 aromatic rings. The normalized spacial score (nSPS) is 13.2. The Balaban J connectivity index is 4.34. The minimum atomic E-state index is -5.10. The van der Waals surface area contributed by atoms with Crippen molar-refractivity contribution in [2.24, 2.45) is 0 Å². The van der Waals surface area contributed by atoms with Crippen molar-refractivity contribution in [3.05, 3.63) is 0 Å². The van der Waals surface area contributed by atoms with Crippen LogP contribution in [0.5, 0.6) is 0 Å². The van der Waals surface area contributed by atoms with E-state index in [0.29, 0.717) is 0 Å². The number of amides is 1. The number of alkyl halides is 3. The van der Waals surface area contributed by atoms with Gasteiger partial charge < -0.3 is 15.2 Å². The van der Waals surface area contributed by atoms with Gasteiger partial charge in [0.25, 0.3) is 0 Å². The Bertz CT molecular complexity index is 228. The molecule has 82 valence electrons. The van der Waals surface area contributed by atoms with Gasteiger partial charge in [0.05, 0.1) is 13.7 Å². The molecule has 0 aliphatic rings. The third-order valence-electron chi connectivity index (χ3n) is 1.23. The number of methoxy groups -OCH3 is 1. The summed E-state index contributed by atoms with van der Waals surface area (Å²) in [7, 11) is 0.921. The summed E-state index contributed by atoms with van der Waals surface area (Å²) < 4.78 is 39.0. The maximum Gasteiger partial charge on any atom is 0.471 e. The van der Waals surface area contributed by atoms with Gasteiger partial charge in [0, 0.05) is 0 Å². The first kappa shape index (κ1) is 12.7. The average Bonchev–Trinajstić information content (AvgIpc) is 2.10. The number of aliphatic hydroxyl groups excluding tert-OH is 1. The van der Waals surface area contributed by atoms with E-state index < -0.39 is 30.7 Å². The summed E-state index contributed by atoms with van der Waals surface area (Å²) in [5.74, 6) is -3.45. The van der Waals surface area contributed by atoms with E-state index in [4.69, 9.17) is 5.11 Å². The molecule has 0 fully saturated rings. The van der Waals surface area contributed by atoms with Gasteiger partial charge in [-0.1, -0.05) is 0 Å². The summed E-state index contributed by atoms with van der Waals surface area (Å²) in [6, 6.07) is -1.70. The zero-order valence-electron chi connectivity index (χ0n) is 7.09. The van der Waals surface area contributed by atoms with Crippen molar-refractivity contribution < 1.29 is 32.6 Å². The fourth-order valence-electron chi connectivity index (χ4n) is 0.561. The number of nitrogens with one attached hydrogen (secondary N) is 1. The molecule has 1 atom stereocenters. The SMILES string of the molecule is COC(=O)[C@H](CO)NC(=O)C(F)(F)F. The fourth-order valence-corrected chi connectivity index (χ4v) is 0.561. The first-order valence-electron chi connectivity index (χ1n) is 3.39. The van der Waals surface area contributed by atoms with Crippen molar-refractivity contribution in [1.82, 2.24) is 5.32 Å². The van der Waals surface area contributed by atoms with Crippen molar-refractivity contribution in [3.63, 3.8) is 0 Å². The van der Waals surface area contributed by atoms with Gasteiger partial charge in [-0.05, 0) is 0 Å². The zero-order chi connectivity index (χ0) is 11.4. The van der Waals surface area contributed by atoms with Crippen molar-refractivity contribution in [1.29, 1.82) is 0 Å². The maximum absolute atomic E-state index is 11.7. The quantitative estimate of drug-likeness (QED) is 0.604. The third kappa shape index (κ3) is 3.60. The molecule has 0 saturated heterocycles. The number of hydrogen-bond acceptors (Lipinski definition) is 4. The van der Waals surface area contributed by atoms with Gasteiger partial charge in [-0.15, -0.1) is 0 Å². The number of ether oxygens (including phenoxy) is 1. The van der Waals surface area contributed by atoms with Gasteiger partial charge in [-0.25, -0.2) is 4.79 Å². The highest BCUT2D eigenvalue weighted by molar-refractivity contribution is 5.87. The van der Waals surface area contributed by atoms with Crippen molar-refractivity contribution in [2.45, 2.75) is 12.2 Å². The van der Waals surface area contributed by atoms with Crippen LogP contribution in [0.25, 0.3) is 0 Å². The highest BCUT2D eigenvalue weighted by Gasteiger charge is 2.40. The molecule has 0 aromatic carbocycles. The van der Waals surface area contributed by atoms with Gasteiger partial charge in [0.15, 0.2) is 6.04 Å². The highest BCUT2D eigenvalue weighted by Crippen LogP contribution is 2.14. The summed E-state index contributed by atoms with van der Waals surface area (Å²) in [4.78, 5) is 20.9. The molecule has 2 N–H and O–H groups in total. The summed E-state index contributed by atoms with van der Waals surface area (Å²) >= 11 is 0. The standard InChI is InChI=1S/C6H8F3NO4/c1-14-4(12)3(2-11)10-5(13)6(7,8)9/h3,11H,2H2,1H3,(H,10,13)/t3-/m0/s1. The van der Waals surface area contributed by atoms with E-state index in [1.165, 1.54) is 5.32 Å². The second-order valence-electron chi connectivity index (χ2n) is 2.23. The number of carbonyl (C=O) groups is 2. The molecule has 0 spiro atoms. The molecule has 0 saturated carbocycles. The van der Waals surface area contributed by atoms with Crippen LogP contribution in [0.15, 0.2) is 0 Å². The molecule has 0 aliphatic carbocycles. The van der Waals surface area contributed by atoms with E-state index in [2.05, 4.69) is 4.74 Å². The Morgan fingerprint density at radius 3 is 2.29 bits per heavy atom. The summed E-state index contributed by atoms with van der Waals surface area (Å²) in [6.45, 7) is -0.964.